The molecule has 3 aliphatic heterocycles. The van der Waals surface area contributed by atoms with Crippen molar-refractivity contribution >= 4 is 43.4 Å². The predicted octanol–water partition coefficient (Wildman–Crippen LogP) is 0.936. The van der Waals surface area contributed by atoms with E-state index in [0.29, 0.717) is 23.5 Å². The lowest BCUT2D eigenvalue weighted by Crippen LogP contribution is -2.29. The average molecular weight is 424 g/mol. The van der Waals surface area contributed by atoms with Gasteiger partial charge in [0.25, 0.3) is 0 Å². The van der Waals surface area contributed by atoms with Gasteiger partial charge in [0, 0.05) is 51.8 Å². The molecule has 0 unspecified atom stereocenters. The number of hydrogen-bond acceptors (Lipinski definition) is 8. The molecule has 0 bridgehead atoms. The highest BCUT2D eigenvalue weighted by Gasteiger charge is 2.43. The molecule has 0 saturated carbocycles. The van der Waals surface area contributed by atoms with Gasteiger partial charge in [-0.3, -0.25) is 14.1 Å². The second-order valence-electron chi connectivity index (χ2n) is 6.22. The summed E-state index contributed by atoms with van der Waals surface area (Å²) in [6, 6.07) is 0. The number of halogens is 2. The number of carbonyl (C=O) groups is 2. The number of allylic oxidation sites excluding steroid dienone is 1. The number of rotatable bonds is 6. The van der Waals surface area contributed by atoms with Crippen LogP contribution in [0.3, 0.4) is 0 Å². The van der Waals surface area contributed by atoms with Gasteiger partial charge in [-0.15, -0.1) is 0 Å². The molecule has 0 aromatic carbocycles. The van der Waals surface area contributed by atoms with Crippen LogP contribution in [0, 0.1) is 0 Å². The molecule has 0 amide bonds. The molecule has 0 aromatic heterocycles. The van der Waals surface area contributed by atoms with E-state index in [-0.39, 0.29) is 11.6 Å². The molecule has 144 valence electrons. The minimum atomic E-state index is -2.46. The lowest BCUT2D eigenvalue weighted by Gasteiger charge is -2.21. The second kappa shape index (κ2) is 7.62. The normalized spacial score (nSPS) is 21.8. The molecule has 26 heavy (non-hydrogen) atoms. The fraction of sp³-hybridized carbons (Fsp3) is 0.600. The Balaban J connectivity index is 0.000000188. The summed E-state index contributed by atoms with van der Waals surface area (Å²) in [5.74, 6) is 0.0485. The molecular formula is C15H20Cl2N3O5P. The van der Waals surface area contributed by atoms with E-state index < -0.39 is 13.1 Å². The number of hydrogen-bond donors (Lipinski definition) is 2. The van der Waals surface area contributed by atoms with E-state index in [1.54, 1.807) is 6.92 Å². The Morgan fingerprint density at radius 3 is 1.92 bits per heavy atom. The fourth-order valence-electron chi connectivity index (χ4n) is 2.46. The average Bonchev–Trinajstić information content (AvgIpc) is 3.39. The third kappa shape index (κ3) is 4.88. The Morgan fingerprint density at radius 2 is 1.54 bits per heavy atom. The molecular weight excluding hydrogens is 404 g/mol. The number of Topliss-reactive ketones (excluding diaryl/α,β-unsaturated/α-hetero) is 1. The van der Waals surface area contributed by atoms with Crippen LogP contribution in [0.4, 0.5) is 0 Å². The summed E-state index contributed by atoms with van der Waals surface area (Å²) in [5.41, 5.74) is 1.89. The molecule has 0 atom stereocenters. The molecule has 8 nitrogen and oxygen atoms in total. The van der Waals surface area contributed by atoms with Crippen LogP contribution in [-0.2, 0) is 14.1 Å². The molecule has 0 spiro atoms. The van der Waals surface area contributed by atoms with Gasteiger partial charge in [-0.2, -0.15) is 0 Å². The van der Waals surface area contributed by atoms with E-state index in [9.17, 15) is 9.59 Å². The van der Waals surface area contributed by atoms with Gasteiger partial charge in [0.1, 0.15) is 11.4 Å². The van der Waals surface area contributed by atoms with Crippen molar-refractivity contribution in [2.45, 2.75) is 17.9 Å². The van der Waals surface area contributed by atoms with Gasteiger partial charge >= 0.3 is 8.60 Å². The number of nitrogens with zero attached hydrogens (tertiary/aromatic N) is 3. The first kappa shape index (κ1) is 19.9. The molecule has 4 rings (SSSR count). The molecule has 2 N–H and O–H groups in total. The largest absolute Gasteiger partial charge is 0.365 e. The van der Waals surface area contributed by atoms with E-state index >= 15 is 0 Å². The van der Waals surface area contributed by atoms with Crippen molar-refractivity contribution in [1.29, 1.82) is 0 Å². The fourth-order valence-corrected chi connectivity index (χ4v) is 3.20. The van der Waals surface area contributed by atoms with E-state index in [0.717, 1.165) is 39.3 Å². The highest BCUT2D eigenvalue weighted by atomic mass is 35.5. The van der Waals surface area contributed by atoms with Gasteiger partial charge in [0.2, 0.25) is 16.1 Å². The molecule has 3 heterocycles. The summed E-state index contributed by atoms with van der Waals surface area (Å²) in [6.07, 6.45) is 1.83. The van der Waals surface area contributed by atoms with E-state index in [2.05, 4.69) is 4.52 Å². The smallest absolute Gasteiger partial charge is 0.329 e. The number of alkyl halides is 2. The zero-order chi connectivity index (χ0) is 19.1. The van der Waals surface area contributed by atoms with Gasteiger partial charge in [0.05, 0.1) is 5.70 Å². The maximum atomic E-state index is 12.4. The number of ketones is 2. The first-order valence-electron chi connectivity index (χ1n) is 8.28. The lowest BCUT2D eigenvalue weighted by molar-refractivity contribution is -0.117. The Hall–Kier alpha value is -0.890. The van der Waals surface area contributed by atoms with Crippen LogP contribution in [0.15, 0.2) is 23.2 Å². The van der Waals surface area contributed by atoms with Crippen LogP contribution in [0.1, 0.15) is 13.3 Å². The molecule has 1 aliphatic carbocycles. The quantitative estimate of drug-likeness (QED) is 0.282. The molecule has 0 aromatic rings. The van der Waals surface area contributed by atoms with Crippen LogP contribution < -0.4 is 0 Å². The van der Waals surface area contributed by atoms with Crippen molar-refractivity contribution in [3.05, 3.63) is 23.2 Å². The van der Waals surface area contributed by atoms with Gasteiger partial charge < -0.3 is 24.5 Å². The van der Waals surface area contributed by atoms with Crippen molar-refractivity contribution in [3.8, 4) is 0 Å². The summed E-state index contributed by atoms with van der Waals surface area (Å²) in [4.78, 5) is 47.0. The Kier molecular flexibility index (Phi) is 5.82. The third-order valence-electron chi connectivity index (χ3n) is 4.11. The van der Waals surface area contributed by atoms with Crippen molar-refractivity contribution in [2.75, 3.05) is 39.3 Å². The van der Waals surface area contributed by atoms with Crippen molar-refractivity contribution < 1.29 is 23.9 Å². The first-order valence-corrected chi connectivity index (χ1v) is 10.2. The van der Waals surface area contributed by atoms with Gasteiger partial charge in [-0.05, 0) is 0 Å². The van der Waals surface area contributed by atoms with Gasteiger partial charge in [0.15, 0.2) is 0 Å². The summed E-state index contributed by atoms with van der Waals surface area (Å²) in [5, 5.41) is 0. The third-order valence-corrected chi connectivity index (χ3v) is 5.49. The second-order valence-corrected chi connectivity index (χ2v) is 8.32. The van der Waals surface area contributed by atoms with E-state index in [1.165, 1.54) is 6.08 Å². The topological polar surface area (TPSA) is 92.9 Å². The molecule has 3 saturated heterocycles. The van der Waals surface area contributed by atoms with Crippen LogP contribution in [0.5, 0.6) is 0 Å². The number of carbonyl (C=O) groups excluding carboxylic acids is 2. The first-order chi connectivity index (χ1) is 12.2. The molecule has 11 heteroatoms. The van der Waals surface area contributed by atoms with Crippen LogP contribution in [0.2, 0.25) is 0 Å². The van der Waals surface area contributed by atoms with Crippen LogP contribution >= 0.6 is 31.8 Å². The molecule has 4 aliphatic rings. The predicted molar refractivity (Wildman–Crippen MR) is 97.0 cm³/mol. The van der Waals surface area contributed by atoms with Crippen molar-refractivity contribution in [3.63, 3.8) is 0 Å². The standard InChI is InChI=1S/C12H13N3O2.C3H7Cl2O3P/c16-9-7-8(13-1-2-13)12(17)11(15-5-6-15)10(9)14-3-4-14;1-2-3(4,5)8-9(6)7/h7H,1-6H2;6-7H,2H2,1H3. The SMILES string of the molecule is CCC(Cl)(Cl)OP(O)O.O=C1C=C(N2CC2)C(=O)C(N2CC2)=C1N1CC1. The molecule has 3 fully saturated rings. The van der Waals surface area contributed by atoms with E-state index in [1.807, 2.05) is 14.7 Å². The van der Waals surface area contributed by atoms with Gasteiger partial charge in [-0.1, -0.05) is 30.1 Å². The monoisotopic (exact) mass is 423 g/mol. The Bertz CT molecular complexity index is 670. The van der Waals surface area contributed by atoms with Crippen LogP contribution in [-0.4, -0.2) is 79.8 Å². The molecule has 0 radical (unpaired) electrons. The minimum absolute atomic E-state index is 0.00546. The Morgan fingerprint density at radius 1 is 1.04 bits per heavy atom. The zero-order valence-corrected chi connectivity index (χ0v) is 16.6. The minimum Gasteiger partial charge on any atom is -0.365 e. The summed E-state index contributed by atoms with van der Waals surface area (Å²) < 4.78 is 2.83. The maximum absolute atomic E-state index is 12.4. The lowest BCUT2D eigenvalue weighted by atomic mass is 10.0. The summed E-state index contributed by atoms with van der Waals surface area (Å²) in [7, 11) is -2.46. The summed E-state index contributed by atoms with van der Waals surface area (Å²) in [6.45, 7) is 7.07. The van der Waals surface area contributed by atoms with E-state index in [4.69, 9.17) is 33.0 Å². The maximum Gasteiger partial charge on any atom is 0.329 e. The summed E-state index contributed by atoms with van der Waals surface area (Å²) >= 11 is 10.7. The Labute approximate surface area is 162 Å². The van der Waals surface area contributed by atoms with Crippen LogP contribution in [0.25, 0.3) is 0 Å². The highest BCUT2D eigenvalue weighted by Crippen LogP contribution is 2.39. The van der Waals surface area contributed by atoms with Gasteiger partial charge in [-0.25, -0.2) is 0 Å². The van der Waals surface area contributed by atoms with Crippen molar-refractivity contribution in [1.82, 2.24) is 14.7 Å². The zero-order valence-electron chi connectivity index (χ0n) is 14.2. The van der Waals surface area contributed by atoms with Crippen molar-refractivity contribution in [2.24, 2.45) is 0 Å². The highest BCUT2D eigenvalue weighted by molar-refractivity contribution is 7.39.